The molecule has 1 unspecified atom stereocenters. The zero-order chi connectivity index (χ0) is 26.1. The number of hydrogen-bond acceptors (Lipinski definition) is 8. The van der Waals surface area contributed by atoms with Gasteiger partial charge in [-0.2, -0.15) is 4.98 Å². The summed E-state index contributed by atoms with van der Waals surface area (Å²) in [5, 5.41) is 12.6. The molecule has 0 amide bonds. The van der Waals surface area contributed by atoms with E-state index in [4.69, 9.17) is 33.3 Å². The fourth-order valence-corrected chi connectivity index (χ4v) is 4.93. The van der Waals surface area contributed by atoms with Gasteiger partial charge in [-0.05, 0) is 50.5 Å². The van der Waals surface area contributed by atoms with Crippen LogP contribution in [0.4, 0.5) is 17.3 Å². The number of ether oxygens (including phenoxy) is 1. The third-order valence-electron chi connectivity index (χ3n) is 6.05. The van der Waals surface area contributed by atoms with Crippen molar-refractivity contribution in [1.29, 1.82) is 5.41 Å². The van der Waals surface area contributed by atoms with E-state index in [0.29, 0.717) is 17.9 Å². The van der Waals surface area contributed by atoms with Gasteiger partial charge < -0.3 is 19.9 Å². The standard InChI is InChI=1S/C25H26Cl2N8O2/c1-33(2)13-17-14-34(10-11-37-17)16-8-6-15(7-9-16)30-24-29-12-18-22(28)35(25(36)32-23(18)31-24)21-19(26)4-3-5-20(21)27/h3-9,12,17,28H,10-11,13-14H2,1-2H3,(H2,29,30,31,32,36). The lowest BCUT2D eigenvalue weighted by Crippen LogP contribution is -2.46. The number of nitrogens with zero attached hydrogens (tertiary/aromatic N) is 5. The molecule has 37 heavy (non-hydrogen) atoms. The maximum absolute atomic E-state index is 12.9. The molecule has 3 N–H and O–H groups in total. The average Bonchev–Trinajstić information content (AvgIpc) is 2.86. The summed E-state index contributed by atoms with van der Waals surface area (Å²) in [5.74, 6) is 0.293. The highest BCUT2D eigenvalue weighted by Gasteiger charge is 2.21. The molecule has 0 saturated carbocycles. The molecule has 1 atom stereocenters. The van der Waals surface area contributed by atoms with Crippen LogP contribution >= 0.6 is 23.2 Å². The van der Waals surface area contributed by atoms with E-state index in [0.717, 1.165) is 35.6 Å². The van der Waals surface area contributed by atoms with Gasteiger partial charge in [-0.25, -0.2) is 14.3 Å². The molecule has 2 aromatic heterocycles. The van der Waals surface area contributed by atoms with Gasteiger partial charge in [-0.3, -0.25) is 10.4 Å². The first-order valence-electron chi connectivity index (χ1n) is 11.7. The number of fused-ring (bicyclic) bond motifs is 1. The summed E-state index contributed by atoms with van der Waals surface area (Å²) in [6, 6.07) is 12.9. The van der Waals surface area contributed by atoms with E-state index in [1.54, 1.807) is 18.2 Å². The monoisotopic (exact) mass is 540 g/mol. The minimum Gasteiger partial charge on any atom is -0.373 e. The molecule has 0 radical (unpaired) electrons. The van der Waals surface area contributed by atoms with E-state index >= 15 is 0 Å². The predicted molar refractivity (Wildman–Crippen MR) is 146 cm³/mol. The number of nitrogens with one attached hydrogen (secondary N) is 3. The Balaban J connectivity index is 1.37. The first-order chi connectivity index (χ1) is 17.8. The summed E-state index contributed by atoms with van der Waals surface area (Å²) in [6.07, 6.45) is 1.65. The third kappa shape index (κ3) is 5.33. The van der Waals surface area contributed by atoms with Crippen LogP contribution in [0, 0.1) is 5.41 Å². The molecule has 1 saturated heterocycles. The van der Waals surface area contributed by atoms with E-state index in [1.165, 1.54) is 6.20 Å². The summed E-state index contributed by atoms with van der Waals surface area (Å²) in [5.41, 5.74) is 1.66. The molecule has 12 heteroatoms. The fraction of sp³-hybridized carbons (Fsp3) is 0.280. The third-order valence-corrected chi connectivity index (χ3v) is 6.66. The Morgan fingerprint density at radius 1 is 1.19 bits per heavy atom. The van der Waals surface area contributed by atoms with Crippen LogP contribution < -0.4 is 21.4 Å². The Labute approximate surface area is 223 Å². The quantitative estimate of drug-likeness (QED) is 0.343. The Hall–Kier alpha value is -3.44. The van der Waals surface area contributed by atoms with Gasteiger partial charge in [-0.15, -0.1) is 0 Å². The first-order valence-corrected chi connectivity index (χ1v) is 12.4. The van der Waals surface area contributed by atoms with Crippen molar-refractivity contribution in [3.63, 3.8) is 0 Å². The number of aromatic amines is 1. The zero-order valence-electron chi connectivity index (χ0n) is 20.3. The van der Waals surface area contributed by atoms with Crippen LogP contribution in [-0.4, -0.2) is 70.9 Å². The second kappa shape index (κ2) is 10.5. The average molecular weight is 541 g/mol. The van der Waals surface area contributed by atoms with Crippen LogP contribution in [0.2, 0.25) is 10.0 Å². The molecule has 1 aliphatic heterocycles. The molecule has 2 aromatic carbocycles. The number of morpholine rings is 1. The number of anilines is 3. The lowest BCUT2D eigenvalue weighted by atomic mass is 10.2. The van der Waals surface area contributed by atoms with Gasteiger partial charge >= 0.3 is 5.69 Å². The Morgan fingerprint density at radius 3 is 2.62 bits per heavy atom. The summed E-state index contributed by atoms with van der Waals surface area (Å²) < 4.78 is 6.98. The number of hydrogen-bond donors (Lipinski definition) is 3. The van der Waals surface area contributed by atoms with Crippen molar-refractivity contribution in [2.75, 3.05) is 50.6 Å². The molecule has 192 valence electrons. The number of benzene rings is 2. The Kier molecular flexibility index (Phi) is 7.16. The minimum absolute atomic E-state index is 0.122. The van der Waals surface area contributed by atoms with Gasteiger partial charge in [0.15, 0.2) is 5.65 Å². The summed E-state index contributed by atoms with van der Waals surface area (Å²) in [6.45, 7) is 3.25. The van der Waals surface area contributed by atoms with E-state index in [1.807, 2.05) is 38.4 Å². The highest BCUT2D eigenvalue weighted by atomic mass is 35.5. The predicted octanol–water partition coefficient (Wildman–Crippen LogP) is 3.41. The van der Waals surface area contributed by atoms with Crippen LogP contribution in [0.15, 0.2) is 53.5 Å². The summed E-state index contributed by atoms with van der Waals surface area (Å²) in [4.78, 5) is 28.8. The highest BCUT2D eigenvalue weighted by molar-refractivity contribution is 6.37. The van der Waals surface area contributed by atoms with Gasteiger partial charge in [-0.1, -0.05) is 29.3 Å². The van der Waals surface area contributed by atoms with E-state index in [-0.39, 0.29) is 33.0 Å². The molecule has 3 heterocycles. The topological polar surface area (TPSA) is 115 Å². The van der Waals surface area contributed by atoms with E-state index in [9.17, 15) is 4.79 Å². The van der Waals surface area contributed by atoms with Gasteiger partial charge in [0.25, 0.3) is 0 Å². The van der Waals surface area contributed by atoms with Crippen LogP contribution in [0.5, 0.6) is 0 Å². The number of para-hydroxylation sites is 1. The number of halogens is 2. The van der Waals surface area contributed by atoms with E-state index < -0.39 is 5.69 Å². The second-order valence-electron chi connectivity index (χ2n) is 9.01. The Bertz CT molecular complexity index is 1530. The van der Waals surface area contributed by atoms with E-state index in [2.05, 4.69) is 30.1 Å². The number of rotatable bonds is 6. The molecule has 0 bridgehead atoms. The lowest BCUT2D eigenvalue weighted by Gasteiger charge is -2.35. The molecule has 10 nitrogen and oxygen atoms in total. The maximum Gasteiger partial charge on any atom is 0.333 e. The second-order valence-corrected chi connectivity index (χ2v) is 9.83. The van der Waals surface area contributed by atoms with Crippen molar-refractivity contribution in [3.8, 4) is 5.69 Å². The van der Waals surface area contributed by atoms with Crippen LogP contribution in [0.25, 0.3) is 16.7 Å². The molecule has 4 aromatic rings. The number of likely N-dealkylation sites (N-methyl/N-ethyl adjacent to an activating group) is 1. The van der Waals surface area contributed by atoms with Gasteiger partial charge in [0.2, 0.25) is 5.95 Å². The Morgan fingerprint density at radius 2 is 1.92 bits per heavy atom. The maximum atomic E-state index is 12.9. The first kappa shape index (κ1) is 25.2. The SMILES string of the molecule is CN(C)CC1CN(c2ccc(Nc3ncc4c(=N)n(-c5c(Cl)cccc5Cl)c(=O)[nH]c4n3)cc2)CCO1. The molecule has 1 fully saturated rings. The fourth-order valence-electron chi connectivity index (χ4n) is 4.36. The van der Waals surface area contributed by atoms with Crippen LogP contribution in [0.1, 0.15) is 0 Å². The molecule has 1 aliphatic rings. The van der Waals surface area contributed by atoms with Crippen molar-refractivity contribution in [3.05, 3.63) is 74.7 Å². The minimum atomic E-state index is -0.584. The van der Waals surface area contributed by atoms with Crippen molar-refractivity contribution in [2.45, 2.75) is 6.10 Å². The molecule has 5 rings (SSSR count). The molecule has 0 spiro atoms. The summed E-state index contributed by atoms with van der Waals surface area (Å²) >= 11 is 12.5. The lowest BCUT2D eigenvalue weighted by molar-refractivity contribution is 0.0248. The van der Waals surface area contributed by atoms with Gasteiger partial charge in [0.05, 0.1) is 33.8 Å². The molecular formula is C25H26Cl2N8O2. The summed E-state index contributed by atoms with van der Waals surface area (Å²) in [7, 11) is 4.09. The van der Waals surface area contributed by atoms with Gasteiger partial charge in [0, 0.05) is 37.2 Å². The van der Waals surface area contributed by atoms with Gasteiger partial charge in [0.1, 0.15) is 5.49 Å². The molecular weight excluding hydrogens is 515 g/mol. The van der Waals surface area contributed by atoms with Crippen LogP contribution in [0.3, 0.4) is 0 Å². The molecule has 0 aliphatic carbocycles. The van der Waals surface area contributed by atoms with Crippen molar-refractivity contribution in [1.82, 2.24) is 24.4 Å². The smallest absolute Gasteiger partial charge is 0.333 e. The number of aromatic nitrogens is 4. The largest absolute Gasteiger partial charge is 0.373 e. The zero-order valence-corrected chi connectivity index (χ0v) is 21.8. The van der Waals surface area contributed by atoms with Crippen molar-refractivity contribution >= 4 is 51.6 Å². The number of H-pyrrole nitrogens is 1. The van der Waals surface area contributed by atoms with Crippen molar-refractivity contribution < 1.29 is 4.74 Å². The van der Waals surface area contributed by atoms with Crippen molar-refractivity contribution in [2.24, 2.45) is 0 Å². The highest BCUT2D eigenvalue weighted by Crippen LogP contribution is 2.27. The normalized spacial score (nSPS) is 15.9. The van der Waals surface area contributed by atoms with Crippen LogP contribution in [-0.2, 0) is 4.74 Å².